The topological polar surface area (TPSA) is 26.3 Å². The van der Waals surface area contributed by atoms with Gasteiger partial charge in [-0.3, -0.25) is 0 Å². The third-order valence-corrected chi connectivity index (χ3v) is 3.46. The van der Waals surface area contributed by atoms with Crippen molar-refractivity contribution in [3.63, 3.8) is 0 Å². The van der Waals surface area contributed by atoms with Crippen LogP contribution in [0.2, 0.25) is 5.02 Å². The van der Waals surface area contributed by atoms with Crippen molar-refractivity contribution < 1.29 is 9.53 Å². The van der Waals surface area contributed by atoms with Crippen molar-refractivity contribution in [3.05, 3.63) is 63.2 Å². The number of hydrogen-bond acceptors (Lipinski definition) is 2. The molecule has 0 saturated carbocycles. The van der Waals surface area contributed by atoms with Crippen LogP contribution in [0.3, 0.4) is 0 Å². The molecule has 0 bridgehead atoms. The van der Waals surface area contributed by atoms with Gasteiger partial charge in [-0.15, -0.1) is 0 Å². The predicted molar refractivity (Wildman–Crippen MR) is 81.8 cm³/mol. The van der Waals surface area contributed by atoms with Crippen molar-refractivity contribution in [1.29, 1.82) is 0 Å². The molecule has 0 amide bonds. The summed E-state index contributed by atoms with van der Waals surface area (Å²) in [7, 11) is 0. The molecule has 0 atom stereocenters. The van der Waals surface area contributed by atoms with Crippen LogP contribution in [0.15, 0.2) is 30.3 Å². The van der Waals surface area contributed by atoms with Gasteiger partial charge in [0.1, 0.15) is 5.75 Å². The van der Waals surface area contributed by atoms with Crippen molar-refractivity contribution in [2.24, 2.45) is 0 Å². The number of ether oxygens (including phenoxy) is 1. The van der Waals surface area contributed by atoms with Gasteiger partial charge in [-0.25, -0.2) is 4.79 Å². The molecular weight excluding hydrogens is 272 g/mol. The minimum Gasteiger partial charge on any atom is -0.423 e. The Labute approximate surface area is 124 Å². The fraction of sp³-hybridized carbons (Fsp3) is 0.235. The normalized spacial score (nSPS) is 10.4. The summed E-state index contributed by atoms with van der Waals surface area (Å²) in [5, 5.41) is 0.630. The first-order valence-electron chi connectivity index (χ1n) is 6.44. The minimum absolute atomic E-state index is 0.328. The Morgan fingerprint density at radius 3 is 2.10 bits per heavy atom. The Balaban J connectivity index is 2.33. The standard InChI is InChI=1S/C17H17ClO2/c1-10-7-12(3)16(13(4)8-10)17(19)20-15-6-5-14(18)9-11(15)2/h5-9H,1-4H3. The van der Waals surface area contributed by atoms with Crippen LogP contribution in [-0.4, -0.2) is 5.97 Å². The number of hydrogen-bond donors (Lipinski definition) is 0. The van der Waals surface area contributed by atoms with E-state index < -0.39 is 0 Å². The molecule has 104 valence electrons. The van der Waals surface area contributed by atoms with E-state index in [-0.39, 0.29) is 5.97 Å². The summed E-state index contributed by atoms with van der Waals surface area (Å²) in [5.74, 6) is 0.212. The van der Waals surface area contributed by atoms with Crippen LogP contribution < -0.4 is 4.74 Å². The zero-order valence-corrected chi connectivity index (χ0v) is 12.8. The molecule has 0 unspecified atom stereocenters. The lowest BCUT2D eigenvalue weighted by Crippen LogP contribution is -2.13. The number of esters is 1. The quantitative estimate of drug-likeness (QED) is 0.586. The van der Waals surface area contributed by atoms with Crippen LogP contribution in [0.25, 0.3) is 0 Å². The molecule has 0 aliphatic carbocycles. The van der Waals surface area contributed by atoms with E-state index in [1.165, 1.54) is 0 Å². The molecule has 2 aromatic carbocycles. The van der Waals surface area contributed by atoms with Crippen molar-refractivity contribution in [3.8, 4) is 5.75 Å². The highest BCUT2D eigenvalue weighted by Crippen LogP contribution is 2.24. The fourth-order valence-corrected chi connectivity index (χ4v) is 2.61. The highest BCUT2D eigenvalue weighted by Gasteiger charge is 2.16. The highest BCUT2D eigenvalue weighted by atomic mass is 35.5. The van der Waals surface area contributed by atoms with Gasteiger partial charge in [0, 0.05) is 5.02 Å². The average Bonchev–Trinajstić information content (AvgIpc) is 2.31. The fourth-order valence-electron chi connectivity index (χ4n) is 2.38. The molecule has 20 heavy (non-hydrogen) atoms. The molecular formula is C17H17ClO2. The molecule has 0 spiro atoms. The summed E-state index contributed by atoms with van der Waals surface area (Å²) in [4.78, 5) is 12.3. The van der Waals surface area contributed by atoms with Gasteiger partial charge >= 0.3 is 5.97 Å². The molecule has 0 heterocycles. The van der Waals surface area contributed by atoms with Crippen LogP contribution in [0, 0.1) is 27.7 Å². The van der Waals surface area contributed by atoms with Crippen molar-refractivity contribution in [2.75, 3.05) is 0 Å². The van der Waals surface area contributed by atoms with E-state index in [2.05, 4.69) is 0 Å². The van der Waals surface area contributed by atoms with E-state index in [1.54, 1.807) is 18.2 Å². The van der Waals surface area contributed by atoms with E-state index in [4.69, 9.17) is 16.3 Å². The smallest absolute Gasteiger partial charge is 0.344 e. The second-order valence-corrected chi connectivity index (χ2v) is 5.51. The van der Waals surface area contributed by atoms with E-state index >= 15 is 0 Å². The summed E-state index contributed by atoms with van der Waals surface area (Å²) in [5.41, 5.74) is 4.47. The van der Waals surface area contributed by atoms with Crippen LogP contribution in [-0.2, 0) is 0 Å². The number of benzene rings is 2. The first-order valence-corrected chi connectivity index (χ1v) is 6.82. The maximum Gasteiger partial charge on any atom is 0.344 e. The Morgan fingerprint density at radius 1 is 0.950 bits per heavy atom. The van der Waals surface area contributed by atoms with Gasteiger partial charge in [0.2, 0.25) is 0 Å². The number of carbonyl (C=O) groups is 1. The zero-order chi connectivity index (χ0) is 14.9. The van der Waals surface area contributed by atoms with Gasteiger partial charge in [-0.05, 0) is 62.6 Å². The predicted octanol–water partition coefficient (Wildman–Crippen LogP) is 4.79. The SMILES string of the molecule is Cc1cc(C)c(C(=O)Oc2ccc(Cl)cc2C)c(C)c1. The van der Waals surface area contributed by atoms with E-state index in [0.717, 1.165) is 22.3 Å². The van der Waals surface area contributed by atoms with Crippen molar-refractivity contribution >= 4 is 17.6 Å². The van der Waals surface area contributed by atoms with Crippen LogP contribution in [0.4, 0.5) is 0 Å². The maximum atomic E-state index is 12.3. The molecule has 0 N–H and O–H groups in total. The maximum absolute atomic E-state index is 12.3. The monoisotopic (exact) mass is 288 g/mol. The molecule has 0 saturated heterocycles. The molecule has 0 aliphatic heterocycles. The Bertz CT molecular complexity index is 652. The van der Waals surface area contributed by atoms with Gasteiger partial charge in [0.15, 0.2) is 0 Å². The van der Waals surface area contributed by atoms with E-state index in [1.807, 2.05) is 39.8 Å². The number of carbonyl (C=O) groups excluding carboxylic acids is 1. The largest absolute Gasteiger partial charge is 0.423 e. The number of halogens is 1. The summed E-state index contributed by atoms with van der Waals surface area (Å²) in [6, 6.07) is 9.18. The lowest BCUT2D eigenvalue weighted by molar-refractivity contribution is 0.0732. The summed E-state index contributed by atoms with van der Waals surface area (Å²) >= 11 is 5.90. The second-order valence-electron chi connectivity index (χ2n) is 5.07. The molecule has 3 heteroatoms. The lowest BCUT2D eigenvalue weighted by atomic mass is 10.00. The highest BCUT2D eigenvalue weighted by molar-refractivity contribution is 6.30. The second kappa shape index (κ2) is 5.68. The molecule has 0 fully saturated rings. The molecule has 2 rings (SSSR count). The summed E-state index contributed by atoms with van der Waals surface area (Å²) in [6.45, 7) is 7.72. The van der Waals surface area contributed by atoms with Crippen molar-refractivity contribution in [2.45, 2.75) is 27.7 Å². The summed E-state index contributed by atoms with van der Waals surface area (Å²) < 4.78 is 5.49. The third kappa shape index (κ3) is 3.02. The van der Waals surface area contributed by atoms with Gasteiger partial charge in [-0.1, -0.05) is 29.3 Å². The van der Waals surface area contributed by atoms with E-state index in [0.29, 0.717) is 16.3 Å². The lowest BCUT2D eigenvalue weighted by Gasteiger charge is -2.12. The van der Waals surface area contributed by atoms with Crippen LogP contribution in [0.1, 0.15) is 32.6 Å². The Morgan fingerprint density at radius 2 is 1.55 bits per heavy atom. The third-order valence-electron chi connectivity index (χ3n) is 3.22. The van der Waals surface area contributed by atoms with Gasteiger partial charge in [0.25, 0.3) is 0 Å². The Kier molecular flexibility index (Phi) is 4.15. The van der Waals surface area contributed by atoms with Gasteiger partial charge < -0.3 is 4.74 Å². The molecule has 0 radical (unpaired) electrons. The number of rotatable bonds is 2. The minimum atomic E-state index is -0.328. The summed E-state index contributed by atoms with van der Waals surface area (Å²) in [6.07, 6.45) is 0. The molecule has 0 aliphatic rings. The van der Waals surface area contributed by atoms with Gasteiger partial charge in [-0.2, -0.15) is 0 Å². The van der Waals surface area contributed by atoms with Crippen molar-refractivity contribution in [1.82, 2.24) is 0 Å². The molecule has 0 aromatic heterocycles. The van der Waals surface area contributed by atoms with Gasteiger partial charge in [0.05, 0.1) is 5.56 Å². The first kappa shape index (κ1) is 14.6. The average molecular weight is 289 g/mol. The Hall–Kier alpha value is -1.80. The van der Waals surface area contributed by atoms with Crippen LogP contribution in [0.5, 0.6) is 5.75 Å². The number of aryl methyl sites for hydroxylation is 4. The zero-order valence-electron chi connectivity index (χ0n) is 12.1. The van der Waals surface area contributed by atoms with E-state index in [9.17, 15) is 4.79 Å². The molecule has 2 aromatic rings. The first-order chi connectivity index (χ1) is 9.38. The van der Waals surface area contributed by atoms with Crippen LogP contribution >= 0.6 is 11.6 Å². The molecule has 2 nitrogen and oxygen atoms in total.